The highest BCUT2D eigenvalue weighted by atomic mass is 32.2. The Bertz CT molecular complexity index is 1210. The molecule has 2 aliphatic heterocycles. The average Bonchev–Trinajstić information content (AvgIpc) is 3.25. The van der Waals surface area contributed by atoms with Crippen LogP contribution in [-0.2, 0) is 15.6 Å². The van der Waals surface area contributed by atoms with Crippen molar-refractivity contribution in [1.29, 1.82) is 0 Å². The number of piperidine rings is 1. The summed E-state index contributed by atoms with van der Waals surface area (Å²) in [7, 11) is -1.84. The summed E-state index contributed by atoms with van der Waals surface area (Å²) in [5.74, 6) is 0.798. The molecule has 156 valence electrons. The fraction of sp³-hybridized carbons (Fsp3) is 0.304. The van der Waals surface area contributed by atoms with Crippen LogP contribution >= 0.6 is 0 Å². The molecule has 0 amide bonds. The van der Waals surface area contributed by atoms with Gasteiger partial charge in [0.15, 0.2) is 0 Å². The van der Waals surface area contributed by atoms with Crippen LogP contribution in [-0.4, -0.2) is 37.5 Å². The van der Waals surface area contributed by atoms with E-state index in [2.05, 4.69) is 34.3 Å². The van der Waals surface area contributed by atoms with Gasteiger partial charge in [-0.25, -0.2) is 8.42 Å². The van der Waals surface area contributed by atoms with Crippen molar-refractivity contribution >= 4 is 15.7 Å². The van der Waals surface area contributed by atoms with E-state index in [0.29, 0.717) is 30.8 Å². The Morgan fingerprint density at radius 1 is 1.03 bits per heavy atom. The van der Waals surface area contributed by atoms with Gasteiger partial charge in [0.25, 0.3) is 0 Å². The Labute approximate surface area is 177 Å². The van der Waals surface area contributed by atoms with E-state index in [0.717, 1.165) is 22.7 Å². The fourth-order valence-corrected chi connectivity index (χ4v) is 6.40. The molecule has 1 spiro atoms. The Morgan fingerprint density at radius 2 is 1.80 bits per heavy atom. The number of aryl methyl sites for hydroxylation is 1. The maximum Gasteiger partial charge on any atom is 0.243 e. The van der Waals surface area contributed by atoms with Gasteiger partial charge < -0.3 is 14.6 Å². The number of benzene rings is 2. The van der Waals surface area contributed by atoms with Crippen LogP contribution in [0.25, 0.3) is 5.69 Å². The second-order valence-corrected chi connectivity index (χ2v) is 9.93. The van der Waals surface area contributed by atoms with Crippen LogP contribution in [0.4, 0.5) is 5.69 Å². The minimum absolute atomic E-state index is 0.305. The molecule has 1 aromatic heterocycles. The summed E-state index contributed by atoms with van der Waals surface area (Å²) in [6, 6.07) is 17.4. The molecule has 6 nitrogen and oxygen atoms in total. The van der Waals surface area contributed by atoms with E-state index in [1.165, 1.54) is 5.69 Å². The van der Waals surface area contributed by atoms with Crippen molar-refractivity contribution in [2.45, 2.75) is 30.2 Å². The molecule has 1 N–H and O–H groups in total. The molecule has 3 aromatic rings. The molecule has 1 fully saturated rings. The van der Waals surface area contributed by atoms with Crippen molar-refractivity contribution in [2.75, 3.05) is 25.5 Å². The lowest BCUT2D eigenvalue weighted by Crippen LogP contribution is -2.51. The van der Waals surface area contributed by atoms with Gasteiger partial charge in [-0.1, -0.05) is 18.2 Å². The molecule has 5 rings (SSSR count). The maximum atomic E-state index is 13.2. The third-order valence-corrected chi connectivity index (χ3v) is 8.42. The number of sulfonamides is 1. The summed E-state index contributed by atoms with van der Waals surface area (Å²) in [6.45, 7) is 2.78. The van der Waals surface area contributed by atoms with Gasteiger partial charge in [-0.05, 0) is 55.7 Å². The zero-order valence-corrected chi connectivity index (χ0v) is 17.9. The lowest BCUT2D eigenvalue weighted by Gasteiger charge is -2.46. The quantitative estimate of drug-likeness (QED) is 0.694. The number of aromatic nitrogens is 1. The average molecular weight is 424 g/mol. The minimum Gasteiger partial charge on any atom is -0.497 e. The number of anilines is 1. The molecule has 0 saturated carbocycles. The summed E-state index contributed by atoms with van der Waals surface area (Å²) in [6.07, 6.45) is 3.46. The summed E-state index contributed by atoms with van der Waals surface area (Å²) in [4.78, 5) is 0.399. The van der Waals surface area contributed by atoms with Gasteiger partial charge in [-0.15, -0.1) is 0 Å². The van der Waals surface area contributed by atoms with Gasteiger partial charge in [0, 0.05) is 31.0 Å². The fourth-order valence-electron chi connectivity index (χ4n) is 4.73. The highest BCUT2D eigenvalue weighted by molar-refractivity contribution is 7.89. The normalized spacial score (nSPS) is 17.8. The largest absolute Gasteiger partial charge is 0.497 e. The Morgan fingerprint density at radius 3 is 2.53 bits per heavy atom. The summed E-state index contributed by atoms with van der Waals surface area (Å²) in [5, 5.41) is 3.73. The van der Waals surface area contributed by atoms with E-state index in [4.69, 9.17) is 4.74 Å². The smallest absolute Gasteiger partial charge is 0.243 e. The third kappa shape index (κ3) is 2.84. The van der Waals surface area contributed by atoms with E-state index in [1.807, 2.05) is 31.2 Å². The molecular weight excluding hydrogens is 398 g/mol. The Kier molecular flexibility index (Phi) is 4.41. The number of hydrogen-bond acceptors (Lipinski definition) is 4. The van der Waals surface area contributed by atoms with Crippen LogP contribution in [0.2, 0.25) is 0 Å². The lowest BCUT2D eigenvalue weighted by atomic mass is 9.83. The molecule has 0 bridgehead atoms. The molecule has 2 aliphatic rings. The molecule has 3 heterocycles. The molecule has 0 unspecified atom stereocenters. The van der Waals surface area contributed by atoms with Gasteiger partial charge >= 0.3 is 0 Å². The van der Waals surface area contributed by atoms with Crippen molar-refractivity contribution in [3.05, 3.63) is 72.1 Å². The van der Waals surface area contributed by atoms with Crippen LogP contribution < -0.4 is 10.1 Å². The first-order valence-corrected chi connectivity index (χ1v) is 11.6. The molecule has 30 heavy (non-hydrogen) atoms. The van der Waals surface area contributed by atoms with Crippen LogP contribution in [0, 0.1) is 6.92 Å². The van der Waals surface area contributed by atoms with Crippen molar-refractivity contribution < 1.29 is 13.2 Å². The first-order chi connectivity index (χ1) is 14.4. The van der Waals surface area contributed by atoms with Crippen LogP contribution in [0.5, 0.6) is 5.75 Å². The number of nitrogens with zero attached hydrogens (tertiary/aromatic N) is 2. The van der Waals surface area contributed by atoms with Gasteiger partial charge in [0.2, 0.25) is 10.0 Å². The monoisotopic (exact) mass is 423 g/mol. The summed E-state index contributed by atoms with van der Waals surface area (Å²) < 4.78 is 35.7. The predicted octanol–water partition coefficient (Wildman–Crippen LogP) is 3.90. The van der Waals surface area contributed by atoms with E-state index < -0.39 is 10.0 Å². The zero-order valence-electron chi connectivity index (χ0n) is 17.1. The minimum atomic E-state index is -3.50. The maximum absolute atomic E-state index is 13.2. The second kappa shape index (κ2) is 6.89. The van der Waals surface area contributed by atoms with E-state index in [1.54, 1.807) is 23.5 Å². The molecule has 2 aromatic carbocycles. The number of rotatable bonds is 3. The van der Waals surface area contributed by atoms with Crippen molar-refractivity contribution in [2.24, 2.45) is 0 Å². The second-order valence-electron chi connectivity index (χ2n) is 8.02. The van der Waals surface area contributed by atoms with Crippen molar-refractivity contribution in [1.82, 2.24) is 8.87 Å². The third-order valence-electron chi connectivity index (χ3n) is 6.36. The number of ether oxygens (including phenoxy) is 1. The number of methoxy groups -OCH3 is 1. The molecule has 7 heteroatoms. The first kappa shape index (κ1) is 19.2. The summed E-state index contributed by atoms with van der Waals surface area (Å²) in [5.41, 5.74) is 3.74. The number of hydrogen-bond donors (Lipinski definition) is 1. The highest BCUT2D eigenvalue weighted by Gasteiger charge is 2.44. The first-order valence-electron chi connectivity index (χ1n) is 10.1. The molecule has 0 aliphatic carbocycles. The van der Waals surface area contributed by atoms with Crippen LogP contribution in [0.3, 0.4) is 0 Å². The van der Waals surface area contributed by atoms with E-state index in [9.17, 15) is 8.42 Å². The standard InChI is InChI=1S/C23H25N3O3S/c1-17-6-3-4-7-21(17)30(27,28)25-14-11-23(12-15-25)22-8-5-13-26(22)20-10-9-18(29-2)16-19(20)24-23/h3-10,13,16,24H,11-12,14-15H2,1-2H3. The number of nitrogens with one attached hydrogen (secondary N) is 1. The Hall–Kier alpha value is -2.77. The van der Waals surface area contributed by atoms with Gasteiger partial charge in [0.05, 0.1) is 28.9 Å². The molecule has 0 atom stereocenters. The highest BCUT2D eigenvalue weighted by Crippen LogP contribution is 2.45. The molecular formula is C23H25N3O3S. The van der Waals surface area contributed by atoms with Crippen LogP contribution in [0.1, 0.15) is 24.1 Å². The summed E-state index contributed by atoms with van der Waals surface area (Å²) >= 11 is 0. The predicted molar refractivity (Wildman–Crippen MR) is 117 cm³/mol. The SMILES string of the molecule is COc1ccc2c(c1)NC1(CCN(S(=O)(=O)c3ccccc3C)CC1)c1cccn1-2. The van der Waals surface area contributed by atoms with Gasteiger partial charge in [-0.3, -0.25) is 0 Å². The van der Waals surface area contributed by atoms with Crippen LogP contribution in [0.15, 0.2) is 65.7 Å². The van der Waals surface area contributed by atoms with E-state index >= 15 is 0 Å². The molecule has 0 radical (unpaired) electrons. The molecule has 1 saturated heterocycles. The van der Waals surface area contributed by atoms with Gasteiger partial charge in [0.1, 0.15) is 5.75 Å². The van der Waals surface area contributed by atoms with Gasteiger partial charge in [-0.2, -0.15) is 4.31 Å². The lowest BCUT2D eigenvalue weighted by molar-refractivity contribution is 0.247. The Balaban J connectivity index is 1.47. The van der Waals surface area contributed by atoms with Crippen molar-refractivity contribution in [3.63, 3.8) is 0 Å². The zero-order chi connectivity index (χ0) is 20.9. The van der Waals surface area contributed by atoms with Crippen molar-refractivity contribution in [3.8, 4) is 11.4 Å². The number of fused-ring (bicyclic) bond motifs is 4. The van der Waals surface area contributed by atoms with E-state index in [-0.39, 0.29) is 5.54 Å². The topological polar surface area (TPSA) is 63.6 Å².